The zero-order chi connectivity index (χ0) is 24.3. The van der Waals surface area contributed by atoms with Crippen LogP contribution in [-0.4, -0.2) is 92.9 Å². The summed E-state index contributed by atoms with van der Waals surface area (Å²) in [5, 5.41) is 42.6. The normalized spacial score (nSPS) is 15.5. The van der Waals surface area contributed by atoms with Crippen molar-refractivity contribution in [3.63, 3.8) is 0 Å². The molecule has 5 unspecified atom stereocenters. The number of nitrogens with two attached hydrogens (primary N) is 2. The first-order valence-electron chi connectivity index (χ1n) is 8.98. The average Bonchev–Trinajstić information content (AvgIpc) is 2.66. The van der Waals surface area contributed by atoms with E-state index in [4.69, 9.17) is 26.8 Å². The van der Waals surface area contributed by atoms with Gasteiger partial charge in [-0.25, -0.2) is 4.79 Å². The van der Waals surface area contributed by atoms with Gasteiger partial charge in [0.2, 0.25) is 23.6 Å². The maximum absolute atomic E-state index is 12.5. The molecule has 0 aliphatic heterocycles. The third-order valence-electron chi connectivity index (χ3n) is 3.90. The Morgan fingerprint density at radius 3 is 1.87 bits per heavy atom. The average molecular weight is 449 g/mol. The van der Waals surface area contributed by atoms with Gasteiger partial charge in [0.1, 0.15) is 24.2 Å². The van der Waals surface area contributed by atoms with Gasteiger partial charge in [-0.15, -0.1) is 0 Å². The standard InChI is InChI=1S/C16H27N5O10/c1-6(23)12(15(29)20-9(16(30)31)4-11(25)26)21-14(28)8(2-3-10(18)24)19-13(27)7(17)5-22/h6-9,12,22-23H,2-5,17H2,1H3,(H2,18,24)(H,19,27)(H,20,29)(H,21,28)(H,25,26)(H,30,31). The molecule has 15 nitrogen and oxygen atoms in total. The van der Waals surface area contributed by atoms with Gasteiger partial charge < -0.3 is 47.8 Å². The Labute approximate surface area is 176 Å². The number of carbonyl (C=O) groups is 6. The van der Waals surface area contributed by atoms with E-state index < -0.39 is 78.9 Å². The number of carbonyl (C=O) groups excluding carboxylic acids is 4. The Kier molecular flexibility index (Phi) is 11.7. The Hall–Kier alpha value is -3.30. The molecule has 15 heteroatoms. The lowest BCUT2D eigenvalue weighted by molar-refractivity contribution is -0.148. The van der Waals surface area contributed by atoms with Crippen LogP contribution in [0.4, 0.5) is 0 Å². The number of aliphatic hydroxyl groups excluding tert-OH is 2. The summed E-state index contributed by atoms with van der Waals surface area (Å²) in [7, 11) is 0. The van der Waals surface area contributed by atoms with E-state index in [1.54, 1.807) is 0 Å². The molecule has 4 amide bonds. The van der Waals surface area contributed by atoms with Crippen molar-refractivity contribution in [2.45, 2.75) is 56.5 Å². The minimum absolute atomic E-state index is 0.310. The smallest absolute Gasteiger partial charge is 0.326 e. The molecule has 0 fully saturated rings. The van der Waals surface area contributed by atoms with Crippen LogP contribution in [0, 0.1) is 0 Å². The summed E-state index contributed by atoms with van der Waals surface area (Å²) >= 11 is 0. The number of carboxylic acid groups (broad SMARTS) is 2. The van der Waals surface area contributed by atoms with E-state index >= 15 is 0 Å². The van der Waals surface area contributed by atoms with Crippen LogP contribution in [0.5, 0.6) is 0 Å². The van der Waals surface area contributed by atoms with Crippen molar-refractivity contribution in [2.75, 3.05) is 6.61 Å². The fourth-order valence-corrected chi connectivity index (χ4v) is 2.21. The lowest BCUT2D eigenvalue weighted by Gasteiger charge is -2.26. The van der Waals surface area contributed by atoms with Crippen LogP contribution >= 0.6 is 0 Å². The molecule has 0 radical (unpaired) electrons. The van der Waals surface area contributed by atoms with Gasteiger partial charge in [-0.3, -0.25) is 24.0 Å². The summed E-state index contributed by atoms with van der Waals surface area (Å²) in [6, 6.07) is -6.40. The number of aliphatic carboxylic acids is 2. The number of hydrogen-bond donors (Lipinski definition) is 9. The molecule has 0 saturated carbocycles. The number of carboxylic acids is 2. The van der Waals surface area contributed by atoms with Crippen LogP contribution < -0.4 is 27.4 Å². The molecule has 0 aromatic carbocycles. The Balaban J connectivity index is 5.45. The van der Waals surface area contributed by atoms with Crippen molar-refractivity contribution in [3.05, 3.63) is 0 Å². The SMILES string of the molecule is CC(O)C(NC(=O)C(CCC(N)=O)NC(=O)C(N)CO)C(=O)NC(CC(=O)O)C(=O)O. The summed E-state index contributed by atoms with van der Waals surface area (Å²) in [4.78, 5) is 69.6. The fraction of sp³-hybridized carbons (Fsp3) is 0.625. The van der Waals surface area contributed by atoms with Gasteiger partial charge in [-0.2, -0.15) is 0 Å². The minimum atomic E-state index is -1.84. The number of amides is 4. The number of nitrogens with one attached hydrogen (secondary N) is 3. The molecule has 0 aliphatic rings. The highest BCUT2D eigenvalue weighted by Crippen LogP contribution is 2.03. The van der Waals surface area contributed by atoms with Gasteiger partial charge in [0.25, 0.3) is 0 Å². The van der Waals surface area contributed by atoms with E-state index in [1.807, 2.05) is 5.32 Å². The highest BCUT2D eigenvalue weighted by molar-refractivity contribution is 5.95. The highest BCUT2D eigenvalue weighted by atomic mass is 16.4. The van der Waals surface area contributed by atoms with E-state index in [9.17, 15) is 33.9 Å². The second-order valence-electron chi connectivity index (χ2n) is 6.58. The number of rotatable bonds is 14. The largest absolute Gasteiger partial charge is 0.481 e. The first kappa shape index (κ1) is 27.7. The first-order valence-corrected chi connectivity index (χ1v) is 8.98. The monoisotopic (exact) mass is 449 g/mol. The van der Waals surface area contributed by atoms with E-state index in [1.165, 1.54) is 0 Å². The molecular formula is C16H27N5O10. The summed E-state index contributed by atoms with van der Waals surface area (Å²) < 4.78 is 0. The van der Waals surface area contributed by atoms with Gasteiger partial charge in [0.05, 0.1) is 19.1 Å². The highest BCUT2D eigenvalue weighted by Gasteiger charge is 2.33. The van der Waals surface area contributed by atoms with Gasteiger partial charge >= 0.3 is 11.9 Å². The molecule has 0 aromatic rings. The van der Waals surface area contributed by atoms with Crippen LogP contribution in [0.25, 0.3) is 0 Å². The predicted octanol–water partition coefficient (Wildman–Crippen LogP) is -5.03. The molecule has 176 valence electrons. The maximum atomic E-state index is 12.5. The molecule has 11 N–H and O–H groups in total. The van der Waals surface area contributed by atoms with Crippen molar-refractivity contribution < 1.29 is 49.2 Å². The van der Waals surface area contributed by atoms with Gasteiger partial charge in [-0.05, 0) is 13.3 Å². The Bertz CT molecular complexity index is 698. The molecule has 0 aliphatic carbocycles. The maximum Gasteiger partial charge on any atom is 0.326 e. The zero-order valence-corrected chi connectivity index (χ0v) is 16.6. The lowest BCUT2D eigenvalue weighted by Crippen LogP contribution is -2.60. The number of hydrogen-bond acceptors (Lipinski definition) is 9. The van der Waals surface area contributed by atoms with Crippen molar-refractivity contribution in [3.8, 4) is 0 Å². The first-order chi connectivity index (χ1) is 14.3. The Morgan fingerprint density at radius 1 is 0.903 bits per heavy atom. The Morgan fingerprint density at radius 2 is 1.45 bits per heavy atom. The molecule has 0 rings (SSSR count). The van der Waals surface area contributed by atoms with E-state index in [2.05, 4.69) is 10.6 Å². The third kappa shape index (κ3) is 10.3. The molecule has 0 heterocycles. The van der Waals surface area contributed by atoms with Gasteiger partial charge in [0.15, 0.2) is 0 Å². The molecule has 5 atom stereocenters. The molecule has 0 spiro atoms. The number of primary amides is 1. The second-order valence-corrected chi connectivity index (χ2v) is 6.58. The topological polar surface area (TPSA) is 271 Å². The predicted molar refractivity (Wildman–Crippen MR) is 101 cm³/mol. The van der Waals surface area contributed by atoms with Crippen molar-refractivity contribution in [1.82, 2.24) is 16.0 Å². The van der Waals surface area contributed by atoms with Crippen LogP contribution in [-0.2, 0) is 28.8 Å². The van der Waals surface area contributed by atoms with E-state index in [0.717, 1.165) is 6.92 Å². The van der Waals surface area contributed by atoms with Crippen molar-refractivity contribution >= 4 is 35.6 Å². The number of aliphatic hydroxyl groups is 2. The molecule has 0 saturated heterocycles. The van der Waals surface area contributed by atoms with Crippen LogP contribution in [0.3, 0.4) is 0 Å². The van der Waals surface area contributed by atoms with Crippen LogP contribution in [0.15, 0.2) is 0 Å². The quantitative estimate of drug-likeness (QED) is 0.121. The molecule has 0 aromatic heterocycles. The summed E-state index contributed by atoms with van der Waals surface area (Å²) in [6.07, 6.45) is -3.18. The fourth-order valence-electron chi connectivity index (χ4n) is 2.21. The molecular weight excluding hydrogens is 422 g/mol. The summed E-state index contributed by atoms with van der Waals surface area (Å²) in [5.74, 6) is -7.18. The summed E-state index contributed by atoms with van der Waals surface area (Å²) in [6.45, 7) is 0.352. The van der Waals surface area contributed by atoms with Crippen molar-refractivity contribution in [1.29, 1.82) is 0 Å². The molecule has 0 bridgehead atoms. The summed E-state index contributed by atoms with van der Waals surface area (Å²) in [5.41, 5.74) is 10.4. The van der Waals surface area contributed by atoms with E-state index in [0.29, 0.717) is 0 Å². The van der Waals surface area contributed by atoms with E-state index in [-0.39, 0.29) is 12.8 Å². The lowest BCUT2D eigenvalue weighted by atomic mass is 10.1. The van der Waals surface area contributed by atoms with Crippen LogP contribution in [0.1, 0.15) is 26.2 Å². The van der Waals surface area contributed by atoms with Crippen molar-refractivity contribution in [2.24, 2.45) is 11.5 Å². The minimum Gasteiger partial charge on any atom is -0.481 e. The van der Waals surface area contributed by atoms with Gasteiger partial charge in [0, 0.05) is 6.42 Å². The van der Waals surface area contributed by atoms with Crippen LogP contribution in [0.2, 0.25) is 0 Å². The third-order valence-corrected chi connectivity index (χ3v) is 3.90. The second kappa shape index (κ2) is 13.1. The zero-order valence-electron chi connectivity index (χ0n) is 16.6. The van der Waals surface area contributed by atoms with Gasteiger partial charge in [-0.1, -0.05) is 0 Å². The molecule has 31 heavy (non-hydrogen) atoms.